The highest BCUT2D eigenvalue weighted by Gasteiger charge is 2.20. The number of thiazole rings is 1. The van der Waals surface area contributed by atoms with Crippen molar-refractivity contribution in [2.45, 2.75) is 32.4 Å². The molecule has 118 valence electrons. The summed E-state index contributed by atoms with van der Waals surface area (Å²) in [5.74, 6) is -0.0539. The third-order valence-corrected chi connectivity index (χ3v) is 4.84. The lowest BCUT2D eigenvalue weighted by Crippen LogP contribution is -2.43. The second-order valence-corrected chi connectivity index (χ2v) is 6.66. The molecule has 8 heteroatoms. The normalized spacial score (nSPS) is 13.5. The van der Waals surface area contributed by atoms with Crippen LogP contribution < -0.4 is 5.32 Å². The van der Waals surface area contributed by atoms with Crippen molar-refractivity contribution in [3.8, 4) is 0 Å². The largest absolute Gasteiger partial charge is 0.476 e. The number of amides is 2. The second kappa shape index (κ2) is 8.23. The van der Waals surface area contributed by atoms with Gasteiger partial charge in [-0.2, -0.15) is 11.8 Å². The smallest absolute Gasteiger partial charge is 0.355 e. The summed E-state index contributed by atoms with van der Waals surface area (Å²) in [7, 11) is 1.76. The number of rotatable bonds is 7. The molecule has 0 fully saturated rings. The van der Waals surface area contributed by atoms with E-state index in [0.29, 0.717) is 5.01 Å². The Morgan fingerprint density at radius 3 is 2.71 bits per heavy atom. The van der Waals surface area contributed by atoms with E-state index in [0.717, 1.165) is 12.2 Å². The van der Waals surface area contributed by atoms with Gasteiger partial charge in [-0.05, 0) is 32.3 Å². The Bertz CT molecular complexity index is 493. The van der Waals surface area contributed by atoms with Gasteiger partial charge < -0.3 is 15.3 Å². The predicted molar refractivity (Wildman–Crippen MR) is 86.2 cm³/mol. The first-order valence-corrected chi connectivity index (χ1v) is 8.85. The molecule has 0 aliphatic heterocycles. The molecular weight excluding hydrogens is 310 g/mol. The summed E-state index contributed by atoms with van der Waals surface area (Å²) in [5, 5.41) is 13.8. The molecule has 2 unspecified atom stereocenters. The number of thioether (sulfide) groups is 1. The van der Waals surface area contributed by atoms with Crippen molar-refractivity contribution in [3.05, 3.63) is 16.1 Å². The van der Waals surface area contributed by atoms with E-state index in [1.54, 1.807) is 30.6 Å². The Labute approximate surface area is 132 Å². The van der Waals surface area contributed by atoms with Crippen LogP contribution in [0.2, 0.25) is 0 Å². The van der Waals surface area contributed by atoms with Crippen LogP contribution in [-0.2, 0) is 0 Å². The minimum atomic E-state index is -1.06. The molecule has 0 saturated heterocycles. The number of carboxylic acids is 1. The fourth-order valence-electron chi connectivity index (χ4n) is 1.62. The van der Waals surface area contributed by atoms with Crippen LogP contribution in [0.1, 0.15) is 41.8 Å². The molecule has 0 aliphatic rings. The summed E-state index contributed by atoms with van der Waals surface area (Å²) in [6, 6.07) is -0.343. The second-order valence-electron chi connectivity index (χ2n) is 4.79. The number of carboxylic acid groups (broad SMARTS) is 1. The van der Waals surface area contributed by atoms with E-state index in [4.69, 9.17) is 5.11 Å². The maximum atomic E-state index is 12.1. The van der Waals surface area contributed by atoms with Crippen LogP contribution in [-0.4, -0.2) is 52.1 Å². The summed E-state index contributed by atoms with van der Waals surface area (Å²) in [6.45, 7) is 3.80. The lowest BCUT2D eigenvalue weighted by molar-refractivity contribution is 0.0691. The average Bonchev–Trinajstić information content (AvgIpc) is 2.93. The van der Waals surface area contributed by atoms with Gasteiger partial charge in [-0.1, -0.05) is 0 Å². The van der Waals surface area contributed by atoms with Gasteiger partial charge in [0.05, 0.1) is 6.04 Å². The zero-order valence-corrected chi connectivity index (χ0v) is 14.3. The molecule has 0 spiro atoms. The van der Waals surface area contributed by atoms with Crippen LogP contribution in [0.3, 0.4) is 0 Å². The summed E-state index contributed by atoms with van der Waals surface area (Å²) >= 11 is 2.99. The van der Waals surface area contributed by atoms with E-state index < -0.39 is 5.97 Å². The highest BCUT2D eigenvalue weighted by molar-refractivity contribution is 7.98. The van der Waals surface area contributed by atoms with Gasteiger partial charge in [-0.3, -0.25) is 0 Å². The van der Waals surface area contributed by atoms with Crippen molar-refractivity contribution in [1.29, 1.82) is 0 Å². The van der Waals surface area contributed by atoms with Gasteiger partial charge >= 0.3 is 12.0 Å². The van der Waals surface area contributed by atoms with Crippen LogP contribution in [0.25, 0.3) is 0 Å². The topological polar surface area (TPSA) is 82.5 Å². The summed E-state index contributed by atoms with van der Waals surface area (Å²) < 4.78 is 0. The van der Waals surface area contributed by atoms with Crippen LogP contribution in [0.4, 0.5) is 4.79 Å². The first-order chi connectivity index (χ1) is 9.86. The summed E-state index contributed by atoms with van der Waals surface area (Å²) in [6.07, 6.45) is 2.97. The summed E-state index contributed by atoms with van der Waals surface area (Å²) in [5.41, 5.74) is 0.0118. The molecule has 2 N–H and O–H groups in total. The number of urea groups is 1. The standard InChI is InChI=1S/C13H21N3O3S2/c1-8(5-6-20-4)16(3)13(19)14-9(2)11-15-10(7-21-11)12(17)18/h7-9H,5-6H2,1-4H3,(H,14,19)(H,17,18). The monoisotopic (exact) mass is 331 g/mol. The fraction of sp³-hybridized carbons (Fsp3) is 0.615. The zero-order chi connectivity index (χ0) is 16.0. The molecule has 0 aliphatic carbocycles. The number of nitrogens with zero attached hydrogens (tertiary/aromatic N) is 2. The summed E-state index contributed by atoms with van der Waals surface area (Å²) in [4.78, 5) is 28.6. The third-order valence-electron chi connectivity index (χ3n) is 3.17. The number of hydrogen-bond donors (Lipinski definition) is 2. The molecule has 0 radical (unpaired) electrons. The Hall–Kier alpha value is -1.28. The molecule has 2 atom stereocenters. The first-order valence-electron chi connectivity index (χ1n) is 6.57. The van der Waals surface area contributed by atoms with Crippen molar-refractivity contribution < 1.29 is 14.7 Å². The van der Waals surface area contributed by atoms with Gasteiger partial charge in [0.15, 0.2) is 5.69 Å². The Morgan fingerprint density at radius 2 is 2.19 bits per heavy atom. The van der Waals surface area contributed by atoms with Crippen LogP contribution in [0, 0.1) is 0 Å². The van der Waals surface area contributed by atoms with Crippen molar-refractivity contribution >= 4 is 35.1 Å². The molecular formula is C13H21N3O3S2. The van der Waals surface area contributed by atoms with Crippen LogP contribution in [0.15, 0.2) is 5.38 Å². The van der Waals surface area contributed by atoms with Gasteiger partial charge in [-0.25, -0.2) is 14.6 Å². The number of aromatic nitrogens is 1. The van der Waals surface area contributed by atoms with Crippen molar-refractivity contribution in [3.63, 3.8) is 0 Å². The molecule has 2 amide bonds. The molecule has 0 saturated carbocycles. The van der Waals surface area contributed by atoms with Gasteiger partial charge in [0.1, 0.15) is 5.01 Å². The van der Waals surface area contributed by atoms with Crippen molar-refractivity contribution in [2.24, 2.45) is 0 Å². The Morgan fingerprint density at radius 1 is 1.52 bits per heavy atom. The average molecular weight is 331 g/mol. The quantitative estimate of drug-likeness (QED) is 0.802. The van der Waals surface area contributed by atoms with Gasteiger partial charge in [-0.15, -0.1) is 11.3 Å². The molecule has 0 aromatic carbocycles. The van der Waals surface area contributed by atoms with E-state index in [9.17, 15) is 9.59 Å². The fourth-order valence-corrected chi connectivity index (χ4v) is 2.99. The SMILES string of the molecule is CSCCC(C)N(C)C(=O)NC(C)c1nc(C(=O)O)cs1. The van der Waals surface area contributed by atoms with Gasteiger partial charge in [0.25, 0.3) is 0 Å². The van der Waals surface area contributed by atoms with Crippen LogP contribution >= 0.6 is 23.1 Å². The number of carbonyl (C=O) groups excluding carboxylic acids is 1. The zero-order valence-electron chi connectivity index (χ0n) is 12.6. The highest BCUT2D eigenvalue weighted by atomic mass is 32.2. The van der Waals surface area contributed by atoms with E-state index in [-0.39, 0.29) is 23.8 Å². The number of nitrogens with one attached hydrogen (secondary N) is 1. The van der Waals surface area contributed by atoms with Crippen molar-refractivity contribution in [1.82, 2.24) is 15.2 Å². The molecule has 1 aromatic rings. The molecule has 1 heterocycles. The van der Waals surface area contributed by atoms with Crippen molar-refractivity contribution in [2.75, 3.05) is 19.1 Å². The molecule has 1 aromatic heterocycles. The highest BCUT2D eigenvalue weighted by Crippen LogP contribution is 2.18. The maximum absolute atomic E-state index is 12.1. The molecule has 1 rings (SSSR count). The van der Waals surface area contributed by atoms with Gasteiger partial charge in [0, 0.05) is 18.5 Å². The third kappa shape index (κ3) is 5.20. The molecule has 0 bridgehead atoms. The van der Waals surface area contributed by atoms with Gasteiger partial charge in [0.2, 0.25) is 0 Å². The lowest BCUT2D eigenvalue weighted by Gasteiger charge is -2.26. The minimum Gasteiger partial charge on any atom is -0.476 e. The molecule has 6 nitrogen and oxygen atoms in total. The minimum absolute atomic E-state index is 0.0118. The Balaban J connectivity index is 2.58. The van der Waals surface area contributed by atoms with Crippen LogP contribution in [0.5, 0.6) is 0 Å². The predicted octanol–water partition coefficient (Wildman–Crippen LogP) is 2.69. The lowest BCUT2D eigenvalue weighted by atomic mass is 10.2. The van der Waals surface area contributed by atoms with E-state index in [2.05, 4.69) is 10.3 Å². The molecule has 21 heavy (non-hydrogen) atoms. The maximum Gasteiger partial charge on any atom is 0.355 e. The number of aromatic carboxylic acids is 1. The Kier molecular flexibility index (Phi) is 6.97. The first kappa shape index (κ1) is 17.8. The van der Waals surface area contributed by atoms with E-state index in [1.165, 1.54) is 16.7 Å². The van der Waals surface area contributed by atoms with E-state index in [1.807, 2.05) is 13.2 Å². The number of carbonyl (C=O) groups is 2. The van der Waals surface area contributed by atoms with E-state index >= 15 is 0 Å². The number of hydrogen-bond acceptors (Lipinski definition) is 5.